The number of rotatable bonds is 4. The highest BCUT2D eigenvalue weighted by molar-refractivity contribution is 5.94. The Morgan fingerprint density at radius 1 is 1.19 bits per heavy atom. The molecule has 2 aromatic carbocycles. The van der Waals surface area contributed by atoms with E-state index >= 15 is 0 Å². The molecule has 0 spiro atoms. The largest absolute Gasteiger partial charge is 0.367 e. The van der Waals surface area contributed by atoms with Crippen LogP contribution < -0.4 is 5.32 Å². The summed E-state index contributed by atoms with van der Waals surface area (Å²) in [5.74, 6) is 0.275. The first-order valence-electron chi connectivity index (χ1n) is 8.46. The summed E-state index contributed by atoms with van der Waals surface area (Å²) >= 11 is 0. The molecule has 1 aliphatic rings. The number of aromatic nitrogens is 2. The van der Waals surface area contributed by atoms with Gasteiger partial charge in [-0.3, -0.25) is 4.79 Å². The monoisotopic (exact) mass is 351 g/mol. The van der Waals surface area contributed by atoms with E-state index in [1.165, 1.54) is 24.3 Å². The second-order valence-electron chi connectivity index (χ2n) is 6.19. The zero-order valence-electron chi connectivity index (χ0n) is 14.1. The minimum atomic E-state index is -0.363. The molecule has 0 saturated heterocycles. The lowest BCUT2D eigenvalue weighted by Gasteiger charge is -2.26. The summed E-state index contributed by atoms with van der Waals surface area (Å²) < 4.78 is 20.9. The minimum absolute atomic E-state index is 0.149. The molecule has 6 heteroatoms. The van der Waals surface area contributed by atoms with Crippen molar-refractivity contribution in [2.75, 3.05) is 6.54 Å². The zero-order chi connectivity index (χ0) is 17.9. The molecule has 2 heterocycles. The number of imidazole rings is 1. The molecule has 0 saturated carbocycles. The van der Waals surface area contributed by atoms with Gasteiger partial charge >= 0.3 is 0 Å². The van der Waals surface area contributed by atoms with Crippen molar-refractivity contribution in [3.05, 3.63) is 78.0 Å². The lowest BCUT2D eigenvalue weighted by Crippen LogP contribution is -2.39. The Labute approximate surface area is 150 Å². The summed E-state index contributed by atoms with van der Waals surface area (Å²) in [4.78, 5) is 16.6. The summed E-state index contributed by atoms with van der Waals surface area (Å²) in [6.07, 6.45) is 1.71. The van der Waals surface area contributed by atoms with Gasteiger partial charge in [0.2, 0.25) is 0 Å². The van der Waals surface area contributed by atoms with Gasteiger partial charge in [-0.1, -0.05) is 30.3 Å². The zero-order valence-corrected chi connectivity index (χ0v) is 14.1. The quantitative estimate of drug-likeness (QED) is 0.786. The van der Waals surface area contributed by atoms with Crippen molar-refractivity contribution >= 4 is 5.91 Å². The molecule has 1 aliphatic heterocycles. The first kappa shape index (κ1) is 16.5. The number of hydrogen-bond acceptors (Lipinski definition) is 3. The molecule has 1 atom stereocenters. The molecular formula is C20H18FN3O2. The molecule has 0 bridgehead atoms. The van der Waals surface area contributed by atoms with Crippen molar-refractivity contribution in [3.63, 3.8) is 0 Å². The van der Waals surface area contributed by atoms with Crippen LogP contribution in [0, 0.1) is 5.82 Å². The summed E-state index contributed by atoms with van der Waals surface area (Å²) in [7, 11) is 0. The van der Waals surface area contributed by atoms with Gasteiger partial charge in [-0.05, 0) is 29.8 Å². The third-order valence-electron chi connectivity index (χ3n) is 4.44. The van der Waals surface area contributed by atoms with Crippen LogP contribution in [0.2, 0.25) is 0 Å². The molecule has 1 aromatic heterocycles. The van der Waals surface area contributed by atoms with E-state index in [1.54, 1.807) is 0 Å². The Morgan fingerprint density at radius 3 is 2.73 bits per heavy atom. The molecule has 0 unspecified atom stereocenters. The van der Waals surface area contributed by atoms with E-state index in [0.717, 1.165) is 17.1 Å². The maximum atomic E-state index is 13.0. The van der Waals surface area contributed by atoms with Crippen LogP contribution in [-0.2, 0) is 17.9 Å². The third kappa shape index (κ3) is 3.36. The molecule has 3 aromatic rings. The van der Waals surface area contributed by atoms with E-state index < -0.39 is 0 Å². The van der Waals surface area contributed by atoms with Crippen LogP contribution in [0.3, 0.4) is 0 Å². The minimum Gasteiger partial charge on any atom is -0.367 e. The van der Waals surface area contributed by atoms with Gasteiger partial charge in [-0.25, -0.2) is 9.37 Å². The number of ether oxygens (including phenoxy) is 1. The number of carbonyl (C=O) groups is 1. The standard InChI is InChI=1S/C20H18FN3O2/c21-16-8-6-15(7-9-16)20(25)23-10-17-12-24-18(11-22-19(24)13-26-17)14-4-2-1-3-5-14/h1-9,11,17H,10,12-13H2,(H,23,25)/t17-/m0/s1. The summed E-state index contributed by atoms with van der Waals surface area (Å²) in [6, 6.07) is 15.5. The van der Waals surface area contributed by atoms with E-state index in [9.17, 15) is 9.18 Å². The fourth-order valence-electron chi connectivity index (χ4n) is 3.05. The highest BCUT2D eigenvalue weighted by atomic mass is 19.1. The van der Waals surface area contributed by atoms with Crippen molar-refractivity contribution in [2.24, 2.45) is 0 Å². The van der Waals surface area contributed by atoms with Crippen molar-refractivity contribution in [3.8, 4) is 11.3 Å². The summed E-state index contributed by atoms with van der Waals surface area (Å²) in [6.45, 7) is 1.40. The van der Waals surface area contributed by atoms with Crippen LogP contribution in [0.4, 0.5) is 4.39 Å². The fourth-order valence-corrected chi connectivity index (χ4v) is 3.05. The van der Waals surface area contributed by atoms with Gasteiger partial charge in [0.1, 0.15) is 18.2 Å². The number of fused-ring (bicyclic) bond motifs is 1. The van der Waals surface area contributed by atoms with Gasteiger partial charge in [0.05, 0.1) is 24.5 Å². The maximum Gasteiger partial charge on any atom is 0.251 e. The van der Waals surface area contributed by atoms with E-state index in [-0.39, 0.29) is 17.8 Å². The number of halogens is 1. The Hall–Kier alpha value is -2.99. The Balaban J connectivity index is 1.43. The third-order valence-corrected chi connectivity index (χ3v) is 4.44. The lowest BCUT2D eigenvalue weighted by molar-refractivity contribution is 0.00374. The number of nitrogens with one attached hydrogen (secondary N) is 1. The average molecular weight is 351 g/mol. The van der Waals surface area contributed by atoms with Crippen LogP contribution >= 0.6 is 0 Å². The number of amides is 1. The summed E-state index contributed by atoms with van der Waals surface area (Å²) in [5, 5.41) is 2.85. The lowest BCUT2D eigenvalue weighted by atomic mass is 10.1. The topological polar surface area (TPSA) is 56.2 Å². The first-order chi connectivity index (χ1) is 12.7. The van der Waals surface area contributed by atoms with Crippen molar-refractivity contribution in [1.29, 1.82) is 0 Å². The van der Waals surface area contributed by atoms with Crippen molar-refractivity contribution < 1.29 is 13.9 Å². The molecule has 5 nitrogen and oxygen atoms in total. The Kier molecular flexibility index (Phi) is 4.50. The molecule has 1 N–H and O–H groups in total. The Bertz CT molecular complexity index is 907. The SMILES string of the molecule is O=C(NC[C@H]1Cn2c(-c3ccccc3)cnc2CO1)c1ccc(F)cc1. The number of nitrogens with zero attached hydrogens (tertiary/aromatic N) is 2. The second-order valence-corrected chi connectivity index (χ2v) is 6.19. The van der Waals surface area contributed by atoms with E-state index in [2.05, 4.69) is 14.9 Å². The van der Waals surface area contributed by atoms with Crippen LogP contribution in [-0.4, -0.2) is 28.1 Å². The van der Waals surface area contributed by atoms with Crippen LogP contribution in [0.15, 0.2) is 60.8 Å². The smallest absolute Gasteiger partial charge is 0.251 e. The van der Waals surface area contributed by atoms with Gasteiger partial charge in [-0.2, -0.15) is 0 Å². The van der Waals surface area contributed by atoms with E-state index in [0.29, 0.717) is 25.3 Å². The normalized spacial score (nSPS) is 16.1. The van der Waals surface area contributed by atoms with Crippen LogP contribution in [0.5, 0.6) is 0 Å². The molecule has 4 rings (SSSR count). The number of carbonyl (C=O) groups excluding carboxylic acids is 1. The molecular weight excluding hydrogens is 333 g/mol. The van der Waals surface area contributed by atoms with Gasteiger partial charge in [0, 0.05) is 12.1 Å². The highest BCUT2D eigenvalue weighted by Gasteiger charge is 2.23. The molecule has 0 fully saturated rings. The maximum absolute atomic E-state index is 13.0. The van der Waals surface area contributed by atoms with E-state index in [1.807, 2.05) is 36.5 Å². The summed E-state index contributed by atoms with van der Waals surface area (Å²) in [5.41, 5.74) is 2.57. The molecule has 0 aliphatic carbocycles. The van der Waals surface area contributed by atoms with Crippen LogP contribution in [0.25, 0.3) is 11.3 Å². The van der Waals surface area contributed by atoms with Crippen LogP contribution in [0.1, 0.15) is 16.2 Å². The second kappa shape index (κ2) is 7.09. The molecule has 0 radical (unpaired) electrons. The van der Waals surface area contributed by atoms with Gasteiger partial charge < -0.3 is 14.6 Å². The van der Waals surface area contributed by atoms with Gasteiger partial charge in [0.25, 0.3) is 5.91 Å². The number of hydrogen-bond donors (Lipinski definition) is 1. The highest BCUT2D eigenvalue weighted by Crippen LogP contribution is 2.24. The molecule has 132 valence electrons. The fraction of sp³-hybridized carbons (Fsp3) is 0.200. The van der Waals surface area contributed by atoms with Crippen molar-refractivity contribution in [2.45, 2.75) is 19.3 Å². The number of benzene rings is 2. The van der Waals surface area contributed by atoms with Crippen molar-refractivity contribution in [1.82, 2.24) is 14.9 Å². The Morgan fingerprint density at radius 2 is 1.96 bits per heavy atom. The van der Waals surface area contributed by atoms with Gasteiger partial charge in [0.15, 0.2) is 0 Å². The first-order valence-corrected chi connectivity index (χ1v) is 8.46. The van der Waals surface area contributed by atoms with Gasteiger partial charge in [-0.15, -0.1) is 0 Å². The predicted octanol–water partition coefficient (Wildman–Crippen LogP) is 3.02. The average Bonchev–Trinajstić information content (AvgIpc) is 3.10. The van der Waals surface area contributed by atoms with E-state index in [4.69, 9.17) is 4.74 Å². The molecule has 26 heavy (non-hydrogen) atoms. The predicted molar refractivity (Wildman–Crippen MR) is 95.0 cm³/mol. The molecule has 1 amide bonds.